The molecule has 0 saturated carbocycles. The van der Waals surface area contributed by atoms with Gasteiger partial charge in [0.2, 0.25) is 0 Å². The summed E-state index contributed by atoms with van der Waals surface area (Å²) >= 11 is 1.69. The SMILES string of the molecule is Cc1nc(-c2ccc(NCc3ccccc3C)cc2)cs1. The molecule has 1 heterocycles. The number of anilines is 1. The van der Waals surface area contributed by atoms with Crippen molar-refractivity contribution in [3.05, 3.63) is 70.0 Å². The Labute approximate surface area is 129 Å². The second-order valence-electron chi connectivity index (χ2n) is 5.11. The summed E-state index contributed by atoms with van der Waals surface area (Å²) in [5.74, 6) is 0. The van der Waals surface area contributed by atoms with Gasteiger partial charge in [0, 0.05) is 23.2 Å². The predicted molar refractivity (Wildman–Crippen MR) is 90.8 cm³/mol. The summed E-state index contributed by atoms with van der Waals surface area (Å²) in [6, 6.07) is 16.9. The number of benzene rings is 2. The van der Waals surface area contributed by atoms with Crippen LogP contribution in [0.15, 0.2) is 53.9 Å². The highest BCUT2D eigenvalue weighted by Gasteiger charge is 2.02. The minimum atomic E-state index is 0.849. The van der Waals surface area contributed by atoms with E-state index in [0.717, 1.165) is 22.9 Å². The highest BCUT2D eigenvalue weighted by atomic mass is 32.1. The lowest BCUT2D eigenvalue weighted by Crippen LogP contribution is -2.00. The van der Waals surface area contributed by atoms with E-state index in [0.29, 0.717) is 0 Å². The number of hydrogen-bond donors (Lipinski definition) is 1. The lowest BCUT2D eigenvalue weighted by atomic mass is 10.1. The van der Waals surface area contributed by atoms with Crippen molar-refractivity contribution in [3.63, 3.8) is 0 Å². The average molecular weight is 294 g/mol. The van der Waals surface area contributed by atoms with Gasteiger partial charge in [-0.25, -0.2) is 4.98 Å². The molecule has 106 valence electrons. The van der Waals surface area contributed by atoms with Gasteiger partial charge in [-0.05, 0) is 37.1 Å². The molecule has 0 unspecified atom stereocenters. The number of aromatic nitrogens is 1. The van der Waals surface area contributed by atoms with Crippen LogP contribution in [-0.4, -0.2) is 4.98 Å². The minimum Gasteiger partial charge on any atom is -0.381 e. The molecule has 0 aliphatic carbocycles. The molecule has 0 spiro atoms. The van der Waals surface area contributed by atoms with Gasteiger partial charge in [-0.1, -0.05) is 36.4 Å². The van der Waals surface area contributed by atoms with Crippen molar-refractivity contribution in [2.75, 3.05) is 5.32 Å². The van der Waals surface area contributed by atoms with Gasteiger partial charge in [0.25, 0.3) is 0 Å². The minimum absolute atomic E-state index is 0.849. The van der Waals surface area contributed by atoms with Crippen LogP contribution in [0.5, 0.6) is 0 Å². The van der Waals surface area contributed by atoms with E-state index in [1.54, 1.807) is 11.3 Å². The summed E-state index contributed by atoms with van der Waals surface area (Å²) < 4.78 is 0. The zero-order valence-electron chi connectivity index (χ0n) is 12.3. The molecular weight excluding hydrogens is 276 g/mol. The summed E-state index contributed by atoms with van der Waals surface area (Å²) in [5.41, 5.74) is 6.01. The van der Waals surface area contributed by atoms with Crippen LogP contribution in [-0.2, 0) is 6.54 Å². The van der Waals surface area contributed by atoms with E-state index in [9.17, 15) is 0 Å². The first-order valence-electron chi connectivity index (χ1n) is 7.03. The van der Waals surface area contributed by atoms with Crippen LogP contribution in [0.1, 0.15) is 16.1 Å². The molecule has 0 radical (unpaired) electrons. The quantitative estimate of drug-likeness (QED) is 0.729. The van der Waals surface area contributed by atoms with Crippen molar-refractivity contribution in [1.29, 1.82) is 0 Å². The summed E-state index contributed by atoms with van der Waals surface area (Å²) in [5, 5.41) is 6.67. The molecule has 3 rings (SSSR count). The molecule has 0 atom stereocenters. The molecule has 0 aliphatic heterocycles. The van der Waals surface area contributed by atoms with E-state index >= 15 is 0 Å². The Balaban J connectivity index is 1.69. The fourth-order valence-corrected chi connectivity index (χ4v) is 2.88. The molecule has 1 N–H and O–H groups in total. The van der Waals surface area contributed by atoms with E-state index in [1.807, 2.05) is 6.92 Å². The third-order valence-electron chi connectivity index (χ3n) is 3.54. The van der Waals surface area contributed by atoms with Crippen molar-refractivity contribution < 1.29 is 0 Å². The molecule has 21 heavy (non-hydrogen) atoms. The average Bonchev–Trinajstić information content (AvgIpc) is 2.94. The smallest absolute Gasteiger partial charge is 0.0901 e. The van der Waals surface area contributed by atoms with Crippen LogP contribution >= 0.6 is 11.3 Å². The topological polar surface area (TPSA) is 24.9 Å². The van der Waals surface area contributed by atoms with Crippen molar-refractivity contribution in [3.8, 4) is 11.3 Å². The van der Waals surface area contributed by atoms with Crippen LogP contribution in [0.25, 0.3) is 11.3 Å². The zero-order chi connectivity index (χ0) is 14.7. The number of hydrogen-bond acceptors (Lipinski definition) is 3. The third kappa shape index (κ3) is 3.31. The van der Waals surface area contributed by atoms with Gasteiger partial charge >= 0.3 is 0 Å². The second kappa shape index (κ2) is 6.10. The third-order valence-corrected chi connectivity index (χ3v) is 4.32. The van der Waals surface area contributed by atoms with Crippen LogP contribution in [0, 0.1) is 13.8 Å². The van der Waals surface area contributed by atoms with E-state index in [2.05, 4.69) is 71.1 Å². The first-order chi connectivity index (χ1) is 10.2. The lowest BCUT2D eigenvalue weighted by Gasteiger charge is -2.09. The summed E-state index contributed by atoms with van der Waals surface area (Å²) in [6.07, 6.45) is 0. The van der Waals surface area contributed by atoms with Crippen molar-refractivity contribution >= 4 is 17.0 Å². The summed E-state index contributed by atoms with van der Waals surface area (Å²) in [7, 11) is 0. The Morgan fingerprint density at radius 1 is 1.00 bits per heavy atom. The Morgan fingerprint density at radius 3 is 2.43 bits per heavy atom. The highest BCUT2D eigenvalue weighted by Crippen LogP contribution is 2.23. The largest absolute Gasteiger partial charge is 0.381 e. The maximum atomic E-state index is 4.51. The van der Waals surface area contributed by atoms with Gasteiger partial charge in [-0.2, -0.15) is 0 Å². The van der Waals surface area contributed by atoms with Gasteiger partial charge in [-0.3, -0.25) is 0 Å². The molecule has 0 saturated heterocycles. The fourth-order valence-electron chi connectivity index (χ4n) is 2.26. The predicted octanol–water partition coefficient (Wildman–Crippen LogP) is 5.04. The van der Waals surface area contributed by atoms with Gasteiger partial charge in [0.05, 0.1) is 10.7 Å². The van der Waals surface area contributed by atoms with E-state index in [4.69, 9.17) is 0 Å². The number of nitrogens with zero attached hydrogens (tertiary/aromatic N) is 1. The molecule has 0 aliphatic rings. The summed E-state index contributed by atoms with van der Waals surface area (Å²) in [4.78, 5) is 4.51. The Hall–Kier alpha value is -2.13. The summed E-state index contributed by atoms with van der Waals surface area (Å²) in [6.45, 7) is 5.03. The van der Waals surface area contributed by atoms with Crippen molar-refractivity contribution in [2.45, 2.75) is 20.4 Å². The maximum Gasteiger partial charge on any atom is 0.0901 e. The van der Waals surface area contributed by atoms with Crippen LogP contribution in [0.2, 0.25) is 0 Å². The standard InChI is InChI=1S/C18H18N2S/c1-13-5-3-4-6-16(13)11-19-17-9-7-15(8-10-17)18-12-21-14(2)20-18/h3-10,12,19H,11H2,1-2H3. The van der Waals surface area contributed by atoms with Gasteiger partial charge in [0.15, 0.2) is 0 Å². The maximum absolute atomic E-state index is 4.51. The number of aryl methyl sites for hydroxylation is 2. The molecule has 2 aromatic carbocycles. The Morgan fingerprint density at radius 2 is 1.76 bits per heavy atom. The van der Waals surface area contributed by atoms with Crippen LogP contribution in [0.4, 0.5) is 5.69 Å². The molecule has 0 fully saturated rings. The van der Waals surface area contributed by atoms with Crippen molar-refractivity contribution in [2.24, 2.45) is 0 Å². The second-order valence-corrected chi connectivity index (χ2v) is 6.17. The molecule has 2 nitrogen and oxygen atoms in total. The normalized spacial score (nSPS) is 10.6. The molecule has 0 bridgehead atoms. The Bertz CT molecular complexity index is 729. The number of thiazole rings is 1. The molecule has 0 amide bonds. The van der Waals surface area contributed by atoms with Gasteiger partial charge in [0.1, 0.15) is 0 Å². The fraction of sp³-hybridized carbons (Fsp3) is 0.167. The molecule has 1 aromatic heterocycles. The van der Waals surface area contributed by atoms with Crippen LogP contribution in [0.3, 0.4) is 0 Å². The number of rotatable bonds is 4. The monoisotopic (exact) mass is 294 g/mol. The molecule has 3 aromatic rings. The van der Waals surface area contributed by atoms with E-state index in [-0.39, 0.29) is 0 Å². The first kappa shape index (κ1) is 13.8. The first-order valence-corrected chi connectivity index (χ1v) is 7.91. The lowest BCUT2D eigenvalue weighted by molar-refractivity contribution is 1.12. The van der Waals surface area contributed by atoms with E-state index < -0.39 is 0 Å². The van der Waals surface area contributed by atoms with Crippen LogP contribution < -0.4 is 5.32 Å². The highest BCUT2D eigenvalue weighted by molar-refractivity contribution is 7.09. The van der Waals surface area contributed by atoms with Gasteiger partial charge in [-0.15, -0.1) is 11.3 Å². The van der Waals surface area contributed by atoms with Crippen molar-refractivity contribution in [1.82, 2.24) is 4.98 Å². The molecule has 3 heteroatoms. The number of nitrogens with one attached hydrogen (secondary N) is 1. The zero-order valence-corrected chi connectivity index (χ0v) is 13.1. The Kier molecular flexibility index (Phi) is 4.02. The van der Waals surface area contributed by atoms with E-state index in [1.165, 1.54) is 16.7 Å². The van der Waals surface area contributed by atoms with Gasteiger partial charge < -0.3 is 5.32 Å². The molecular formula is C18H18N2S.